The Morgan fingerprint density at radius 2 is 2.60 bits per heavy atom. The van der Waals surface area contributed by atoms with E-state index in [9.17, 15) is 4.79 Å². The zero-order valence-corrected chi connectivity index (χ0v) is 5.78. The molecule has 0 fully saturated rings. The van der Waals surface area contributed by atoms with Crippen molar-refractivity contribution in [2.75, 3.05) is 6.61 Å². The molecule has 0 aromatic rings. The Hall–Kier alpha value is -0.830. The van der Waals surface area contributed by atoms with Crippen LogP contribution in [-0.4, -0.2) is 24.1 Å². The maximum atomic E-state index is 10.5. The summed E-state index contributed by atoms with van der Waals surface area (Å²) < 4.78 is 4.95. The van der Waals surface area contributed by atoms with Gasteiger partial charge in [-0.2, -0.15) is 0 Å². The van der Waals surface area contributed by atoms with Crippen LogP contribution in [0.15, 0.2) is 12.3 Å². The van der Waals surface area contributed by atoms with Gasteiger partial charge in [0.2, 0.25) is 0 Å². The SMILES string of the molecule is C[C@]1(C=O)C=COC1CO. The third-order valence-electron chi connectivity index (χ3n) is 1.78. The number of aliphatic hydroxyl groups excluding tert-OH is 1. The quantitative estimate of drug-likeness (QED) is 0.556. The van der Waals surface area contributed by atoms with Gasteiger partial charge in [-0.05, 0) is 13.0 Å². The number of carbonyl (C=O) groups excluding carboxylic acids is 1. The van der Waals surface area contributed by atoms with Crippen LogP contribution in [0.2, 0.25) is 0 Å². The Morgan fingerprint density at radius 1 is 1.90 bits per heavy atom. The second-order valence-corrected chi connectivity index (χ2v) is 2.59. The van der Waals surface area contributed by atoms with E-state index in [1.165, 1.54) is 6.26 Å². The number of aldehydes is 1. The summed E-state index contributed by atoms with van der Waals surface area (Å²) in [5.41, 5.74) is -0.630. The minimum Gasteiger partial charge on any atom is -0.495 e. The fourth-order valence-electron chi connectivity index (χ4n) is 0.890. The van der Waals surface area contributed by atoms with Crippen LogP contribution in [-0.2, 0) is 9.53 Å². The molecule has 1 aliphatic rings. The van der Waals surface area contributed by atoms with Crippen LogP contribution in [0.4, 0.5) is 0 Å². The molecular weight excluding hydrogens is 132 g/mol. The van der Waals surface area contributed by atoms with Crippen LogP contribution >= 0.6 is 0 Å². The number of rotatable bonds is 2. The molecule has 0 amide bonds. The van der Waals surface area contributed by atoms with Crippen molar-refractivity contribution in [3.8, 4) is 0 Å². The van der Waals surface area contributed by atoms with Gasteiger partial charge < -0.3 is 14.6 Å². The molecule has 10 heavy (non-hydrogen) atoms. The molecule has 3 heteroatoms. The van der Waals surface area contributed by atoms with E-state index in [1.54, 1.807) is 13.0 Å². The minimum absolute atomic E-state index is 0.123. The highest BCUT2D eigenvalue weighted by molar-refractivity contribution is 5.63. The van der Waals surface area contributed by atoms with E-state index in [2.05, 4.69) is 0 Å². The lowest BCUT2D eigenvalue weighted by Crippen LogP contribution is -2.32. The van der Waals surface area contributed by atoms with Crippen molar-refractivity contribution < 1.29 is 14.6 Å². The standard InChI is InChI=1S/C7H10O3/c1-7(5-9)2-3-10-6(7)4-8/h2-3,5-6,8H,4H2,1H3/t6?,7-/m1/s1. The average molecular weight is 142 g/mol. The van der Waals surface area contributed by atoms with Crippen molar-refractivity contribution in [1.82, 2.24) is 0 Å². The number of hydrogen-bond donors (Lipinski definition) is 1. The van der Waals surface area contributed by atoms with Gasteiger partial charge in [0.25, 0.3) is 0 Å². The summed E-state index contributed by atoms with van der Waals surface area (Å²) in [6.45, 7) is 1.60. The highest BCUT2D eigenvalue weighted by atomic mass is 16.5. The Bertz CT molecular complexity index is 164. The predicted molar refractivity (Wildman–Crippen MR) is 35.3 cm³/mol. The van der Waals surface area contributed by atoms with Gasteiger partial charge >= 0.3 is 0 Å². The maximum Gasteiger partial charge on any atom is 0.136 e. The van der Waals surface area contributed by atoms with E-state index in [-0.39, 0.29) is 6.61 Å². The Balaban J connectivity index is 2.73. The molecule has 1 heterocycles. The lowest BCUT2D eigenvalue weighted by Gasteiger charge is -2.20. The van der Waals surface area contributed by atoms with Crippen molar-refractivity contribution in [3.63, 3.8) is 0 Å². The Kier molecular flexibility index (Phi) is 1.76. The fraction of sp³-hybridized carbons (Fsp3) is 0.571. The van der Waals surface area contributed by atoms with E-state index in [1.807, 2.05) is 0 Å². The summed E-state index contributed by atoms with van der Waals surface area (Å²) >= 11 is 0. The van der Waals surface area contributed by atoms with Crippen molar-refractivity contribution in [2.24, 2.45) is 5.41 Å². The molecule has 0 spiro atoms. The van der Waals surface area contributed by atoms with E-state index >= 15 is 0 Å². The zero-order valence-electron chi connectivity index (χ0n) is 5.78. The summed E-state index contributed by atoms with van der Waals surface area (Å²) in [5.74, 6) is 0. The molecule has 0 saturated carbocycles. The Morgan fingerprint density at radius 3 is 3.00 bits per heavy atom. The number of aliphatic hydroxyl groups is 1. The summed E-state index contributed by atoms with van der Waals surface area (Å²) in [7, 11) is 0. The lowest BCUT2D eigenvalue weighted by atomic mass is 9.88. The number of ether oxygens (including phenoxy) is 1. The van der Waals surface area contributed by atoms with Gasteiger partial charge in [-0.15, -0.1) is 0 Å². The van der Waals surface area contributed by atoms with Crippen LogP contribution in [0.25, 0.3) is 0 Å². The molecule has 0 saturated heterocycles. The molecule has 0 aromatic carbocycles. The molecule has 3 nitrogen and oxygen atoms in total. The third-order valence-corrected chi connectivity index (χ3v) is 1.78. The molecule has 0 bridgehead atoms. The molecule has 0 aromatic heterocycles. The maximum absolute atomic E-state index is 10.5. The van der Waals surface area contributed by atoms with E-state index in [0.717, 1.165) is 6.29 Å². The number of hydrogen-bond acceptors (Lipinski definition) is 3. The highest BCUT2D eigenvalue weighted by Crippen LogP contribution is 2.28. The van der Waals surface area contributed by atoms with Crippen molar-refractivity contribution in [1.29, 1.82) is 0 Å². The lowest BCUT2D eigenvalue weighted by molar-refractivity contribution is -0.117. The van der Waals surface area contributed by atoms with Gasteiger partial charge in [0.05, 0.1) is 18.3 Å². The van der Waals surface area contributed by atoms with Crippen molar-refractivity contribution in [3.05, 3.63) is 12.3 Å². The topological polar surface area (TPSA) is 46.5 Å². The molecular formula is C7H10O3. The normalized spacial score (nSPS) is 37.6. The second-order valence-electron chi connectivity index (χ2n) is 2.59. The highest BCUT2D eigenvalue weighted by Gasteiger charge is 2.36. The first-order chi connectivity index (χ1) is 4.73. The summed E-state index contributed by atoms with van der Waals surface area (Å²) in [5, 5.41) is 8.71. The van der Waals surface area contributed by atoms with Gasteiger partial charge in [0, 0.05) is 0 Å². The van der Waals surface area contributed by atoms with Crippen LogP contribution in [0, 0.1) is 5.41 Å². The fourth-order valence-corrected chi connectivity index (χ4v) is 0.890. The van der Waals surface area contributed by atoms with Gasteiger partial charge in [-0.25, -0.2) is 0 Å². The van der Waals surface area contributed by atoms with E-state index in [0.29, 0.717) is 0 Å². The largest absolute Gasteiger partial charge is 0.495 e. The van der Waals surface area contributed by atoms with Crippen LogP contribution < -0.4 is 0 Å². The van der Waals surface area contributed by atoms with E-state index < -0.39 is 11.5 Å². The van der Waals surface area contributed by atoms with Gasteiger partial charge in [-0.1, -0.05) is 0 Å². The monoisotopic (exact) mass is 142 g/mol. The first-order valence-corrected chi connectivity index (χ1v) is 3.13. The first-order valence-electron chi connectivity index (χ1n) is 3.13. The predicted octanol–water partition coefficient (Wildman–Crippen LogP) is 0.0964. The van der Waals surface area contributed by atoms with Gasteiger partial charge in [0.15, 0.2) is 0 Å². The summed E-state index contributed by atoms with van der Waals surface area (Å²) in [6.07, 6.45) is 3.50. The minimum atomic E-state index is -0.630. The van der Waals surface area contributed by atoms with Crippen molar-refractivity contribution >= 4 is 6.29 Å². The Labute approximate surface area is 59.3 Å². The van der Waals surface area contributed by atoms with Gasteiger partial charge in [-0.3, -0.25) is 0 Å². The van der Waals surface area contributed by atoms with E-state index in [4.69, 9.17) is 9.84 Å². The molecule has 0 aliphatic carbocycles. The molecule has 1 rings (SSSR count). The average Bonchev–Trinajstić information content (AvgIpc) is 2.32. The summed E-state index contributed by atoms with van der Waals surface area (Å²) in [6, 6.07) is 0. The molecule has 1 N–H and O–H groups in total. The molecule has 2 atom stereocenters. The molecule has 56 valence electrons. The molecule has 1 aliphatic heterocycles. The van der Waals surface area contributed by atoms with Crippen LogP contribution in [0.1, 0.15) is 6.92 Å². The summed E-state index contributed by atoms with van der Waals surface area (Å²) in [4.78, 5) is 10.5. The second kappa shape index (κ2) is 2.42. The smallest absolute Gasteiger partial charge is 0.136 e. The molecule has 0 radical (unpaired) electrons. The van der Waals surface area contributed by atoms with Crippen LogP contribution in [0.5, 0.6) is 0 Å². The molecule has 1 unspecified atom stereocenters. The van der Waals surface area contributed by atoms with Gasteiger partial charge in [0.1, 0.15) is 12.4 Å². The van der Waals surface area contributed by atoms with Crippen LogP contribution in [0.3, 0.4) is 0 Å². The number of carbonyl (C=O) groups is 1. The first kappa shape index (κ1) is 7.28. The zero-order chi connectivity index (χ0) is 7.61. The third kappa shape index (κ3) is 0.926. The van der Waals surface area contributed by atoms with Crippen molar-refractivity contribution in [2.45, 2.75) is 13.0 Å².